The zero-order valence-electron chi connectivity index (χ0n) is 9.70. The lowest BCUT2D eigenvalue weighted by Crippen LogP contribution is -2.08. The molecule has 0 unspecified atom stereocenters. The third kappa shape index (κ3) is 3.03. The summed E-state index contributed by atoms with van der Waals surface area (Å²) in [5.41, 5.74) is 6.46. The number of phenolic OH excluding ortho intramolecular Hbond substituents is 2. The molecule has 0 spiro atoms. The monoisotopic (exact) mass is 261 g/mol. The summed E-state index contributed by atoms with van der Waals surface area (Å²) in [5.74, 6) is -0.159. The summed E-state index contributed by atoms with van der Waals surface area (Å²) in [4.78, 5) is 10.00. The van der Waals surface area contributed by atoms with E-state index in [1.807, 2.05) is 0 Å². The van der Waals surface area contributed by atoms with Gasteiger partial charge in [0.15, 0.2) is 0 Å². The SMILES string of the molecule is O=[N+]([O-])c1ccc(NNc2ccc(O)cc2O)cc1. The van der Waals surface area contributed by atoms with Gasteiger partial charge in [-0.3, -0.25) is 15.5 Å². The summed E-state index contributed by atoms with van der Waals surface area (Å²) in [7, 11) is 0. The lowest BCUT2D eigenvalue weighted by molar-refractivity contribution is -0.384. The van der Waals surface area contributed by atoms with Gasteiger partial charge in [-0.05, 0) is 24.3 Å². The third-order valence-electron chi connectivity index (χ3n) is 2.40. The number of benzene rings is 2. The van der Waals surface area contributed by atoms with Crippen LogP contribution in [0.2, 0.25) is 0 Å². The molecule has 7 heteroatoms. The van der Waals surface area contributed by atoms with Crippen molar-refractivity contribution in [2.75, 3.05) is 10.9 Å². The van der Waals surface area contributed by atoms with Crippen LogP contribution in [-0.2, 0) is 0 Å². The Morgan fingerprint density at radius 1 is 1.00 bits per heavy atom. The van der Waals surface area contributed by atoms with Gasteiger partial charge in [0.1, 0.15) is 11.5 Å². The van der Waals surface area contributed by atoms with Crippen LogP contribution in [0.5, 0.6) is 11.5 Å². The predicted octanol–water partition coefficient (Wildman–Crippen LogP) is 2.44. The normalized spacial score (nSPS) is 9.89. The molecule has 0 heterocycles. The Hall–Kier alpha value is -2.96. The van der Waals surface area contributed by atoms with Crippen LogP contribution in [0.4, 0.5) is 17.1 Å². The largest absolute Gasteiger partial charge is 0.508 e. The van der Waals surface area contributed by atoms with Crippen LogP contribution in [0.15, 0.2) is 42.5 Å². The molecule has 0 aliphatic rings. The predicted molar refractivity (Wildman–Crippen MR) is 70.1 cm³/mol. The van der Waals surface area contributed by atoms with E-state index in [0.717, 1.165) is 0 Å². The Bertz CT molecular complexity index is 598. The Morgan fingerprint density at radius 3 is 2.26 bits per heavy atom. The van der Waals surface area contributed by atoms with Gasteiger partial charge in [0, 0.05) is 18.2 Å². The highest BCUT2D eigenvalue weighted by Gasteiger charge is 2.04. The van der Waals surface area contributed by atoms with Crippen molar-refractivity contribution in [3.8, 4) is 11.5 Å². The zero-order chi connectivity index (χ0) is 13.8. The maximum Gasteiger partial charge on any atom is 0.269 e. The number of non-ortho nitro benzene ring substituents is 1. The van der Waals surface area contributed by atoms with Gasteiger partial charge in [0.05, 0.1) is 16.3 Å². The Morgan fingerprint density at radius 2 is 1.68 bits per heavy atom. The third-order valence-corrected chi connectivity index (χ3v) is 2.40. The van der Waals surface area contributed by atoms with Crippen LogP contribution in [0, 0.1) is 10.1 Å². The van der Waals surface area contributed by atoms with Gasteiger partial charge >= 0.3 is 0 Å². The fraction of sp³-hybridized carbons (Fsp3) is 0. The minimum Gasteiger partial charge on any atom is -0.508 e. The second kappa shape index (κ2) is 5.13. The van der Waals surface area contributed by atoms with Gasteiger partial charge in [-0.2, -0.15) is 0 Å². The second-order valence-electron chi connectivity index (χ2n) is 3.76. The van der Waals surface area contributed by atoms with Crippen LogP contribution < -0.4 is 10.9 Å². The highest BCUT2D eigenvalue weighted by atomic mass is 16.6. The van der Waals surface area contributed by atoms with E-state index >= 15 is 0 Å². The molecule has 0 atom stereocenters. The number of hydrogen-bond donors (Lipinski definition) is 4. The van der Waals surface area contributed by atoms with Crippen LogP contribution in [0.1, 0.15) is 0 Å². The molecule has 19 heavy (non-hydrogen) atoms. The Labute approximate surface area is 108 Å². The first-order valence-electron chi connectivity index (χ1n) is 5.35. The average molecular weight is 261 g/mol. The van der Waals surface area contributed by atoms with Crippen molar-refractivity contribution in [2.24, 2.45) is 0 Å². The van der Waals surface area contributed by atoms with Crippen LogP contribution >= 0.6 is 0 Å². The van der Waals surface area contributed by atoms with Crippen LogP contribution in [0.3, 0.4) is 0 Å². The van der Waals surface area contributed by atoms with E-state index < -0.39 is 4.92 Å². The fourth-order valence-corrected chi connectivity index (χ4v) is 1.43. The van der Waals surface area contributed by atoms with Gasteiger partial charge in [0.25, 0.3) is 5.69 Å². The van der Waals surface area contributed by atoms with E-state index in [1.165, 1.54) is 42.5 Å². The number of nitrogens with zero attached hydrogens (tertiary/aromatic N) is 1. The molecule has 2 aromatic carbocycles. The van der Waals surface area contributed by atoms with Gasteiger partial charge in [-0.15, -0.1) is 0 Å². The number of nitro benzene ring substituents is 1. The number of phenols is 2. The molecule has 7 nitrogen and oxygen atoms in total. The van der Waals surface area contributed by atoms with E-state index in [4.69, 9.17) is 5.11 Å². The molecule has 2 rings (SSSR count). The molecular formula is C12H11N3O4. The van der Waals surface area contributed by atoms with Gasteiger partial charge < -0.3 is 15.6 Å². The maximum absolute atomic E-state index is 10.5. The summed E-state index contributed by atoms with van der Waals surface area (Å²) in [5, 5.41) is 29.1. The standard InChI is InChI=1S/C12H11N3O4/c16-10-5-6-11(12(17)7-10)14-13-8-1-3-9(4-2-8)15(18)19/h1-7,13-14,16-17H. The first-order chi connectivity index (χ1) is 9.06. The van der Waals surface area contributed by atoms with E-state index in [9.17, 15) is 15.2 Å². The number of nitrogens with one attached hydrogen (secondary N) is 2. The van der Waals surface area contributed by atoms with Crippen LogP contribution in [0.25, 0.3) is 0 Å². The molecule has 0 amide bonds. The first kappa shape index (κ1) is 12.5. The van der Waals surface area contributed by atoms with E-state index in [2.05, 4.69) is 10.9 Å². The minimum atomic E-state index is -0.483. The quantitative estimate of drug-likeness (QED) is 0.291. The van der Waals surface area contributed by atoms with Gasteiger partial charge in [-0.1, -0.05) is 0 Å². The van der Waals surface area contributed by atoms with E-state index in [-0.39, 0.29) is 17.2 Å². The molecule has 4 N–H and O–H groups in total. The molecule has 0 saturated carbocycles. The fourth-order valence-electron chi connectivity index (χ4n) is 1.43. The smallest absolute Gasteiger partial charge is 0.269 e. The molecule has 0 radical (unpaired) electrons. The minimum absolute atomic E-state index is 0.00182. The number of anilines is 2. The van der Waals surface area contributed by atoms with Crippen molar-refractivity contribution in [1.29, 1.82) is 0 Å². The summed E-state index contributed by atoms with van der Waals surface area (Å²) in [6, 6.07) is 9.88. The summed E-state index contributed by atoms with van der Waals surface area (Å²) >= 11 is 0. The summed E-state index contributed by atoms with van der Waals surface area (Å²) in [6.07, 6.45) is 0. The number of aromatic hydroxyl groups is 2. The number of rotatable bonds is 4. The molecule has 0 bridgehead atoms. The highest BCUT2D eigenvalue weighted by Crippen LogP contribution is 2.27. The number of hydrogen-bond acceptors (Lipinski definition) is 6. The lowest BCUT2D eigenvalue weighted by Gasteiger charge is -2.11. The van der Waals surface area contributed by atoms with Gasteiger partial charge in [0.2, 0.25) is 0 Å². The van der Waals surface area contributed by atoms with Crippen molar-refractivity contribution in [2.45, 2.75) is 0 Å². The van der Waals surface area contributed by atoms with Crippen LogP contribution in [-0.4, -0.2) is 15.1 Å². The van der Waals surface area contributed by atoms with Crippen molar-refractivity contribution in [3.63, 3.8) is 0 Å². The lowest BCUT2D eigenvalue weighted by atomic mass is 10.3. The molecule has 0 fully saturated rings. The van der Waals surface area contributed by atoms with E-state index in [0.29, 0.717) is 11.4 Å². The molecule has 2 aromatic rings. The molecule has 0 aliphatic heterocycles. The van der Waals surface area contributed by atoms with Gasteiger partial charge in [-0.25, -0.2) is 0 Å². The summed E-state index contributed by atoms with van der Waals surface area (Å²) in [6.45, 7) is 0. The first-order valence-corrected chi connectivity index (χ1v) is 5.35. The molecule has 98 valence electrons. The summed E-state index contributed by atoms with van der Waals surface area (Å²) < 4.78 is 0. The topological polar surface area (TPSA) is 108 Å². The molecular weight excluding hydrogens is 250 g/mol. The molecule has 0 aromatic heterocycles. The average Bonchev–Trinajstić information content (AvgIpc) is 2.38. The number of hydrazine groups is 1. The highest BCUT2D eigenvalue weighted by molar-refractivity contribution is 5.61. The number of nitro groups is 1. The van der Waals surface area contributed by atoms with Crippen molar-refractivity contribution >= 4 is 17.1 Å². The van der Waals surface area contributed by atoms with Crippen molar-refractivity contribution < 1.29 is 15.1 Å². The zero-order valence-corrected chi connectivity index (χ0v) is 9.70. The van der Waals surface area contributed by atoms with Crippen molar-refractivity contribution in [1.82, 2.24) is 0 Å². The van der Waals surface area contributed by atoms with Crippen molar-refractivity contribution in [3.05, 3.63) is 52.6 Å². The molecule has 0 saturated heterocycles. The Kier molecular flexibility index (Phi) is 3.37. The second-order valence-corrected chi connectivity index (χ2v) is 3.76. The maximum atomic E-state index is 10.5. The molecule has 0 aliphatic carbocycles. The Balaban J connectivity index is 2.04. The van der Waals surface area contributed by atoms with E-state index in [1.54, 1.807) is 0 Å².